The van der Waals surface area contributed by atoms with E-state index in [0.29, 0.717) is 23.9 Å². The van der Waals surface area contributed by atoms with Gasteiger partial charge in [-0.15, -0.1) is 0 Å². The smallest absolute Gasteiger partial charge is 0.369 e. The molecule has 1 heterocycles. The molecule has 2 aromatic rings. The van der Waals surface area contributed by atoms with Crippen LogP contribution in [0.3, 0.4) is 0 Å². The molecule has 0 saturated carbocycles. The average molecular weight is 417 g/mol. The van der Waals surface area contributed by atoms with Gasteiger partial charge in [-0.3, -0.25) is 0 Å². The van der Waals surface area contributed by atoms with Crippen molar-refractivity contribution in [2.45, 2.75) is 56.7 Å². The number of hydrogen-bond acceptors (Lipinski definition) is 2. The number of alkyl halides is 6. The van der Waals surface area contributed by atoms with E-state index in [9.17, 15) is 31.4 Å². The van der Waals surface area contributed by atoms with Crippen LogP contribution in [0.5, 0.6) is 0 Å². The molecule has 1 aliphatic heterocycles. The first-order chi connectivity index (χ1) is 13.2. The van der Waals surface area contributed by atoms with E-state index < -0.39 is 28.9 Å². The molecule has 2 nitrogen and oxygen atoms in total. The first kappa shape index (κ1) is 21.5. The molecule has 8 heteroatoms. The fraction of sp³-hybridized carbons (Fsp3) is 0.429. The largest absolute Gasteiger partial charge is 0.430 e. The average Bonchev–Trinajstić information content (AvgIpc) is 2.80. The highest BCUT2D eigenvalue weighted by Gasteiger charge is 2.71. The van der Waals surface area contributed by atoms with Gasteiger partial charge in [0.25, 0.3) is 5.60 Å². The predicted octanol–water partition coefficient (Wildman–Crippen LogP) is 5.69. The Bertz CT molecular complexity index is 874. The highest BCUT2D eigenvalue weighted by atomic mass is 19.4. The standard InChI is InChI=1S/C21H21F6NO/c1-13-18(2,3)16-11-15(19(29,20(22,23)24)21(25,26)27)9-10-17(16)28(13)12-14-7-5-4-6-8-14/h4-11,13,29H,12H2,1-3H3. The van der Waals surface area contributed by atoms with Crippen molar-refractivity contribution in [1.29, 1.82) is 0 Å². The van der Waals surface area contributed by atoms with E-state index in [2.05, 4.69) is 0 Å². The first-order valence-electron chi connectivity index (χ1n) is 9.02. The lowest BCUT2D eigenvalue weighted by Crippen LogP contribution is -2.54. The molecule has 0 radical (unpaired) electrons. The van der Waals surface area contributed by atoms with E-state index in [0.717, 1.165) is 11.6 Å². The summed E-state index contributed by atoms with van der Waals surface area (Å²) >= 11 is 0. The minimum absolute atomic E-state index is 0.183. The van der Waals surface area contributed by atoms with Crippen molar-refractivity contribution >= 4 is 5.69 Å². The van der Waals surface area contributed by atoms with E-state index in [1.54, 1.807) is 13.8 Å². The third-order valence-electron chi connectivity index (χ3n) is 5.95. The fourth-order valence-electron chi connectivity index (χ4n) is 3.84. The van der Waals surface area contributed by atoms with Gasteiger partial charge in [-0.2, -0.15) is 26.3 Å². The molecule has 0 amide bonds. The SMILES string of the molecule is CC1N(Cc2ccccc2)c2ccc(C(O)(C(F)(F)F)C(F)(F)F)cc2C1(C)C. The number of hydrogen-bond donors (Lipinski definition) is 1. The number of rotatable bonds is 3. The third kappa shape index (κ3) is 3.27. The molecule has 0 aliphatic carbocycles. The maximum atomic E-state index is 13.3. The molecule has 29 heavy (non-hydrogen) atoms. The van der Waals surface area contributed by atoms with Gasteiger partial charge in [-0.1, -0.05) is 50.2 Å². The van der Waals surface area contributed by atoms with Crippen LogP contribution in [0.1, 0.15) is 37.5 Å². The second kappa shape index (κ2) is 6.65. The summed E-state index contributed by atoms with van der Waals surface area (Å²) in [5.41, 5.74) is -5.02. The summed E-state index contributed by atoms with van der Waals surface area (Å²) in [6.45, 7) is 5.87. The molecule has 3 rings (SSSR count). The summed E-state index contributed by atoms with van der Waals surface area (Å²) in [6.07, 6.45) is -11.8. The summed E-state index contributed by atoms with van der Waals surface area (Å²) < 4.78 is 79.7. The van der Waals surface area contributed by atoms with Gasteiger partial charge in [0.05, 0.1) is 0 Å². The number of halogens is 6. The lowest BCUT2D eigenvalue weighted by Gasteiger charge is -2.33. The zero-order valence-electron chi connectivity index (χ0n) is 16.1. The normalized spacial score (nSPS) is 19.4. The summed E-state index contributed by atoms with van der Waals surface area (Å²) in [5.74, 6) is 0. The van der Waals surface area contributed by atoms with Gasteiger partial charge in [0.1, 0.15) is 0 Å². The van der Waals surface area contributed by atoms with Crippen LogP contribution in [0.25, 0.3) is 0 Å². The number of nitrogens with zero attached hydrogens (tertiary/aromatic N) is 1. The molecule has 158 valence electrons. The van der Waals surface area contributed by atoms with Crippen molar-refractivity contribution in [2.24, 2.45) is 0 Å². The molecule has 1 aliphatic rings. The molecular weight excluding hydrogens is 396 g/mol. The van der Waals surface area contributed by atoms with Crippen LogP contribution in [0, 0.1) is 0 Å². The first-order valence-corrected chi connectivity index (χ1v) is 9.02. The topological polar surface area (TPSA) is 23.5 Å². The predicted molar refractivity (Wildman–Crippen MR) is 97.6 cm³/mol. The zero-order valence-corrected chi connectivity index (χ0v) is 16.1. The van der Waals surface area contributed by atoms with Gasteiger partial charge < -0.3 is 10.0 Å². The van der Waals surface area contributed by atoms with Gasteiger partial charge >= 0.3 is 12.4 Å². The van der Waals surface area contributed by atoms with Gasteiger partial charge in [0.2, 0.25) is 0 Å². The quantitative estimate of drug-likeness (QED) is 0.649. The van der Waals surface area contributed by atoms with Crippen LogP contribution in [0.2, 0.25) is 0 Å². The van der Waals surface area contributed by atoms with Gasteiger partial charge in [-0.25, -0.2) is 0 Å². The molecular formula is C21H21F6NO. The number of benzene rings is 2. The Kier molecular flexibility index (Phi) is 4.93. The van der Waals surface area contributed by atoms with Crippen LogP contribution in [0.15, 0.2) is 48.5 Å². The zero-order chi connectivity index (χ0) is 21.8. The lowest BCUT2D eigenvalue weighted by atomic mass is 9.79. The Labute approximate surface area is 164 Å². The Hall–Kier alpha value is -2.22. The highest BCUT2D eigenvalue weighted by molar-refractivity contribution is 5.65. The molecule has 0 aromatic heterocycles. The van der Waals surface area contributed by atoms with Crippen LogP contribution in [0.4, 0.5) is 32.0 Å². The van der Waals surface area contributed by atoms with Crippen molar-refractivity contribution in [3.63, 3.8) is 0 Å². The Morgan fingerprint density at radius 3 is 2.00 bits per heavy atom. The summed E-state index contributed by atoms with van der Waals surface area (Å²) in [7, 11) is 0. The maximum Gasteiger partial charge on any atom is 0.430 e. The Balaban J connectivity index is 2.12. The minimum atomic E-state index is -5.91. The molecule has 1 unspecified atom stereocenters. The van der Waals surface area contributed by atoms with Crippen LogP contribution in [-0.2, 0) is 17.6 Å². The molecule has 2 aromatic carbocycles. The van der Waals surface area contributed by atoms with Crippen molar-refractivity contribution in [2.75, 3.05) is 4.90 Å². The molecule has 0 spiro atoms. The minimum Gasteiger partial charge on any atom is -0.369 e. The number of fused-ring (bicyclic) bond motifs is 1. The van der Waals surface area contributed by atoms with Gasteiger partial charge in [0.15, 0.2) is 0 Å². The van der Waals surface area contributed by atoms with Crippen LogP contribution < -0.4 is 4.90 Å². The molecule has 0 bridgehead atoms. The van der Waals surface area contributed by atoms with Gasteiger partial charge in [0, 0.05) is 29.3 Å². The van der Waals surface area contributed by atoms with Crippen LogP contribution >= 0.6 is 0 Å². The molecule has 1 atom stereocenters. The van der Waals surface area contributed by atoms with E-state index in [4.69, 9.17) is 0 Å². The van der Waals surface area contributed by atoms with Crippen molar-refractivity contribution in [3.8, 4) is 0 Å². The van der Waals surface area contributed by atoms with Crippen molar-refractivity contribution in [3.05, 3.63) is 65.2 Å². The van der Waals surface area contributed by atoms with Gasteiger partial charge in [-0.05, 0) is 30.2 Å². The summed E-state index contributed by atoms with van der Waals surface area (Å²) in [4.78, 5) is 1.95. The highest BCUT2D eigenvalue weighted by Crippen LogP contribution is 2.53. The second-order valence-electron chi connectivity index (χ2n) is 7.95. The number of anilines is 1. The summed E-state index contributed by atoms with van der Waals surface area (Å²) in [5, 5.41) is 9.76. The number of aliphatic hydroxyl groups is 1. The molecule has 0 fully saturated rings. The molecule has 0 saturated heterocycles. The van der Waals surface area contributed by atoms with Crippen molar-refractivity contribution in [1.82, 2.24) is 0 Å². The fourth-order valence-corrected chi connectivity index (χ4v) is 3.84. The van der Waals surface area contributed by atoms with E-state index in [1.807, 2.05) is 42.2 Å². The monoisotopic (exact) mass is 417 g/mol. The van der Waals surface area contributed by atoms with E-state index in [-0.39, 0.29) is 6.04 Å². The van der Waals surface area contributed by atoms with Crippen LogP contribution in [-0.4, -0.2) is 23.5 Å². The second-order valence-corrected chi connectivity index (χ2v) is 7.95. The van der Waals surface area contributed by atoms with E-state index in [1.165, 1.54) is 6.07 Å². The van der Waals surface area contributed by atoms with E-state index >= 15 is 0 Å². The lowest BCUT2D eigenvalue weighted by molar-refractivity contribution is -0.376. The molecule has 1 N–H and O–H groups in total. The van der Waals surface area contributed by atoms with Crippen molar-refractivity contribution < 1.29 is 31.4 Å². The Morgan fingerprint density at radius 1 is 0.931 bits per heavy atom. The Morgan fingerprint density at radius 2 is 1.48 bits per heavy atom. The maximum absolute atomic E-state index is 13.3. The third-order valence-corrected chi connectivity index (χ3v) is 5.95. The summed E-state index contributed by atoms with van der Waals surface area (Å²) in [6, 6.07) is 12.0.